The van der Waals surface area contributed by atoms with Crippen LogP contribution >= 0.6 is 0 Å². The van der Waals surface area contributed by atoms with Gasteiger partial charge in [0.05, 0.1) is 11.4 Å². The molecule has 0 saturated heterocycles. The quantitative estimate of drug-likeness (QED) is 0.635. The number of amides is 1. The smallest absolute Gasteiger partial charge is 0.340 e. The second kappa shape index (κ2) is 5.99. The number of nitrogens with two attached hydrogens (primary N) is 1. The monoisotopic (exact) mass is 297 g/mol. The van der Waals surface area contributed by atoms with Gasteiger partial charge >= 0.3 is 5.97 Å². The summed E-state index contributed by atoms with van der Waals surface area (Å²) >= 11 is 0. The van der Waals surface area contributed by atoms with E-state index in [1.807, 2.05) is 20.8 Å². The summed E-state index contributed by atoms with van der Waals surface area (Å²) in [5.74, 6) is -2.48. The molecule has 0 aliphatic heterocycles. The van der Waals surface area contributed by atoms with Gasteiger partial charge in [-0.25, -0.2) is 9.18 Å². The standard InChI is InChI=1S/C14H20FN3O3/c1-7(12(19)18-14(2,3)4)17-9-6-5-8(15)11(16)10(9)13(20)21/h5-7,17H,16H2,1-4H3,(H,18,19)(H,20,21). The molecule has 0 aliphatic carbocycles. The minimum Gasteiger partial charge on any atom is -0.478 e. The van der Waals surface area contributed by atoms with Crippen molar-refractivity contribution >= 4 is 23.3 Å². The Morgan fingerprint density at radius 1 is 1.33 bits per heavy atom. The molecular weight excluding hydrogens is 277 g/mol. The molecule has 5 N–H and O–H groups in total. The molecular formula is C14H20FN3O3. The van der Waals surface area contributed by atoms with Crippen molar-refractivity contribution in [1.82, 2.24) is 5.32 Å². The zero-order valence-corrected chi connectivity index (χ0v) is 12.5. The molecule has 0 aliphatic rings. The summed E-state index contributed by atoms with van der Waals surface area (Å²) in [5.41, 5.74) is 4.28. The highest BCUT2D eigenvalue weighted by Crippen LogP contribution is 2.25. The number of carbonyl (C=O) groups excluding carboxylic acids is 1. The molecule has 0 bridgehead atoms. The predicted molar refractivity (Wildman–Crippen MR) is 78.8 cm³/mol. The zero-order chi connectivity index (χ0) is 16.4. The van der Waals surface area contributed by atoms with Gasteiger partial charge in [-0.2, -0.15) is 0 Å². The lowest BCUT2D eigenvalue weighted by Gasteiger charge is -2.24. The highest BCUT2D eigenvalue weighted by molar-refractivity contribution is 6.00. The van der Waals surface area contributed by atoms with E-state index in [1.165, 1.54) is 6.07 Å². The van der Waals surface area contributed by atoms with Crippen molar-refractivity contribution in [3.8, 4) is 0 Å². The molecule has 0 radical (unpaired) electrons. The van der Waals surface area contributed by atoms with E-state index in [-0.39, 0.29) is 17.2 Å². The topological polar surface area (TPSA) is 104 Å². The van der Waals surface area contributed by atoms with Crippen LogP contribution in [-0.2, 0) is 4.79 Å². The molecule has 116 valence electrons. The molecule has 1 amide bonds. The molecule has 1 unspecified atom stereocenters. The van der Waals surface area contributed by atoms with Gasteiger partial charge in [0.1, 0.15) is 17.4 Å². The fourth-order valence-corrected chi connectivity index (χ4v) is 1.72. The van der Waals surface area contributed by atoms with E-state index >= 15 is 0 Å². The van der Waals surface area contributed by atoms with Crippen LogP contribution in [0.2, 0.25) is 0 Å². The van der Waals surface area contributed by atoms with Crippen molar-refractivity contribution in [2.75, 3.05) is 11.1 Å². The van der Waals surface area contributed by atoms with Crippen LogP contribution in [-0.4, -0.2) is 28.6 Å². The Balaban J connectivity index is 3.01. The number of anilines is 2. The Bertz CT molecular complexity index is 567. The highest BCUT2D eigenvalue weighted by Gasteiger charge is 2.23. The van der Waals surface area contributed by atoms with Gasteiger partial charge in [-0.05, 0) is 39.8 Å². The van der Waals surface area contributed by atoms with Gasteiger partial charge in [0.25, 0.3) is 0 Å². The second-order valence-corrected chi connectivity index (χ2v) is 5.79. The number of aromatic carboxylic acids is 1. The summed E-state index contributed by atoms with van der Waals surface area (Å²) in [6, 6.07) is 1.60. The third-order valence-corrected chi connectivity index (χ3v) is 2.67. The SMILES string of the molecule is CC(Nc1ccc(F)c(N)c1C(=O)O)C(=O)NC(C)(C)C. The van der Waals surface area contributed by atoms with Crippen LogP contribution in [0.4, 0.5) is 15.8 Å². The normalized spacial score (nSPS) is 12.6. The maximum Gasteiger partial charge on any atom is 0.340 e. The maximum absolute atomic E-state index is 13.3. The van der Waals surface area contributed by atoms with Crippen LogP contribution in [0.5, 0.6) is 0 Å². The summed E-state index contributed by atoms with van der Waals surface area (Å²) in [4.78, 5) is 23.2. The molecule has 7 heteroatoms. The van der Waals surface area contributed by atoms with Crippen molar-refractivity contribution in [2.45, 2.75) is 39.3 Å². The van der Waals surface area contributed by atoms with Gasteiger partial charge < -0.3 is 21.5 Å². The highest BCUT2D eigenvalue weighted by atomic mass is 19.1. The van der Waals surface area contributed by atoms with Gasteiger partial charge in [0.2, 0.25) is 5.91 Å². The number of hydrogen-bond donors (Lipinski definition) is 4. The fourth-order valence-electron chi connectivity index (χ4n) is 1.72. The molecule has 0 saturated carbocycles. The fraction of sp³-hybridized carbons (Fsp3) is 0.429. The summed E-state index contributed by atoms with van der Waals surface area (Å²) in [6.07, 6.45) is 0. The van der Waals surface area contributed by atoms with Crippen LogP contribution in [0.15, 0.2) is 12.1 Å². The number of nitrogen functional groups attached to an aromatic ring is 1. The largest absolute Gasteiger partial charge is 0.478 e. The molecule has 1 aromatic carbocycles. The minimum absolute atomic E-state index is 0.0953. The van der Waals surface area contributed by atoms with Crippen LogP contribution in [0.25, 0.3) is 0 Å². The Morgan fingerprint density at radius 2 is 1.90 bits per heavy atom. The van der Waals surface area contributed by atoms with E-state index in [9.17, 15) is 14.0 Å². The molecule has 6 nitrogen and oxygen atoms in total. The van der Waals surface area contributed by atoms with E-state index in [1.54, 1.807) is 6.92 Å². The average molecular weight is 297 g/mol. The number of rotatable bonds is 4. The Kier molecular flexibility index (Phi) is 4.77. The summed E-state index contributed by atoms with van der Waals surface area (Å²) in [5, 5.41) is 14.6. The summed E-state index contributed by atoms with van der Waals surface area (Å²) in [7, 11) is 0. The first-order valence-corrected chi connectivity index (χ1v) is 6.42. The third kappa shape index (κ3) is 4.34. The van der Waals surface area contributed by atoms with E-state index < -0.39 is 29.1 Å². The van der Waals surface area contributed by atoms with Gasteiger partial charge in [0.15, 0.2) is 0 Å². The van der Waals surface area contributed by atoms with Gasteiger partial charge in [-0.1, -0.05) is 0 Å². The van der Waals surface area contributed by atoms with E-state index in [0.717, 1.165) is 6.07 Å². The average Bonchev–Trinajstić information content (AvgIpc) is 2.31. The number of benzene rings is 1. The van der Waals surface area contributed by atoms with Gasteiger partial charge in [-0.15, -0.1) is 0 Å². The number of carbonyl (C=O) groups is 2. The lowest BCUT2D eigenvalue weighted by molar-refractivity contribution is -0.122. The molecule has 1 atom stereocenters. The lowest BCUT2D eigenvalue weighted by atomic mass is 10.1. The zero-order valence-electron chi connectivity index (χ0n) is 12.5. The predicted octanol–water partition coefficient (Wildman–Crippen LogP) is 1.82. The summed E-state index contributed by atoms with van der Waals surface area (Å²) in [6.45, 7) is 7.06. The molecule has 0 heterocycles. The molecule has 0 spiro atoms. The van der Waals surface area contributed by atoms with Crippen molar-refractivity contribution < 1.29 is 19.1 Å². The number of carboxylic acid groups (broad SMARTS) is 1. The number of hydrogen-bond acceptors (Lipinski definition) is 4. The van der Waals surface area contributed by atoms with Gasteiger partial charge in [0, 0.05) is 5.54 Å². The minimum atomic E-state index is -1.36. The lowest BCUT2D eigenvalue weighted by Crippen LogP contribution is -2.47. The molecule has 0 aromatic heterocycles. The Hall–Kier alpha value is -2.31. The first-order chi connectivity index (χ1) is 9.53. The van der Waals surface area contributed by atoms with Crippen molar-refractivity contribution in [2.24, 2.45) is 0 Å². The van der Waals surface area contributed by atoms with Crippen molar-refractivity contribution in [1.29, 1.82) is 0 Å². The van der Waals surface area contributed by atoms with E-state index in [4.69, 9.17) is 10.8 Å². The first kappa shape index (κ1) is 16.7. The number of halogens is 1. The Morgan fingerprint density at radius 3 is 2.38 bits per heavy atom. The molecule has 1 rings (SSSR count). The van der Waals surface area contributed by atoms with Crippen LogP contribution < -0.4 is 16.4 Å². The Labute approximate surface area is 122 Å². The number of carboxylic acids is 1. The molecule has 21 heavy (non-hydrogen) atoms. The van der Waals surface area contributed by atoms with Crippen LogP contribution in [0.1, 0.15) is 38.1 Å². The second-order valence-electron chi connectivity index (χ2n) is 5.79. The molecule has 0 fully saturated rings. The van der Waals surface area contributed by atoms with Crippen LogP contribution in [0.3, 0.4) is 0 Å². The van der Waals surface area contributed by atoms with E-state index in [0.29, 0.717) is 0 Å². The summed E-state index contributed by atoms with van der Waals surface area (Å²) < 4.78 is 13.3. The number of nitrogens with one attached hydrogen (secondary N) is 2. The first-order valence-electron chi connectivity index (χ1n) is 6.42. The third-order valence-electron chi connectivity index (χ3n) is 2.67. The maximum atomic E-state index is 13.3. The van der Waals surface area contributed by atoms with Crippen molar-refractivity contribution in [3.05, 3.63) is 23.5 Å². The van der Waals surface area contributed by atoms with Crippen molar-refractivity contribution in [3.63, 3.8) is 0 Å². The van der Waals surface area contributed by atoms with E-state index in [2.05, 4.69) is 10.6 Å². The van der Waals surface area contributed by atoms with Gasteiger partial charge in [-0.3, -0.25) is 4.79 Å². The molecule has 1 aromatic rings. The van der Waals surface area contributed by atoms with Crippen LogP contribution in [0, 0.1) is 5.82 Å².